The number of nitrogens with one attached hydrogen (secondary N) is 1. The van der Waals surface area contributed by atoms with E-state index in [-0.39, 0.29) is 18.1 Å². The topological polar surface area (TPSA) is 35.6 Å². The summed E-state index contributed by atoms with van der Waals surface area (Å²) in [4.78, 5) is 17.2. The molecule has 31 heavy (non-hydrogen) atoms. The van der Waals surface area contributed by atoms with E-state index in [4.69, 9.17) is 0 Å². The van der Waals surface area contributed by atoms with E-state index in [1.54, 1.807) is 12.1 Å². The van der Waals surface area contributed by atoms with Gasteiger partial charge in [-0.15, -0.1) is 0 Å². The third-order valence-electron chi connectivity index (χ3n) is 5.76. The van der Waals surface area contributed by atoms with Crippen molar-refractivity contribution in [1.29, 1.82) is 0 Å². The molecule has 1 N–H and O–H groups in total. The number of hydrogen-bond donors (Lipinski definition) is 1. The molecule has 1 aliphatic rings. The van der Waals surface area contributed by atoms with E-state index in [0.29, 0.717) is 6.54 Å². The molecule has 0 aromatic heterocycles. The fourth-order valence-corrected chi connectivity index (χ4v) is 3.97. The monoisotopic (exact) mass is 417 g/mol. The second-order valence-corrected chi connectivity index (χ2v) is 7.95. The zero-order valence-corrected chi connectivity index (χ0v) is 17.6. The van der Waals surface area contributed by atoms with Gasteiger partial charge in [-0.05, 0) is 41.0 Å². The first-order chi connectivity index (χ1) is 15.2. The molecule has 1 amide bonds. The van der Waals surface area contributed by atoms with E-state index in [9.17, 15) is 9.18 Å². The highest BCUT2D eigenvalue weighted by Gasteiger charge is 2.18. The number of carbonyl (C=O) groups is 1. The minimum atomic E-state index is -0.289. The number of benzene rings is 3. The SMILES string of the molecule is O=C(Cc1ccc(F)cc1)NCc1ccccc1CN1CCN(c2ccccc2)CC1. The number of rotatable bonds is 7. The molecule has 0 aliphatic carbocycles. The first kappa shape index (κ1) is 21.1. The molecule has 1 heterocycles. The summed E-state index contributed by atoms with van der Waals surface area (Å²) in [5.41, 5.74) is 4.48. The van der Waals surface area contributed by atoms with Crippen molar-refractivity contribution in [2.75, 3.05) is 31.1 Å². The van der Waals surface area contributed by atoms with Crippen LogP contribution in [0.3, 0.4) is 0 Å². The van der Waals surface area contributed by atoms with Crippen LogP contribution in [0.15, 0.2) is 78.9 Å². The summed E-state index contributed by atoms with van der Waals surface area (Å²) in [6, 6.07) is 24.9. The predicted octanol–water partition coefficient (Wildman–Crippen LogP) is 4.01. The maximum absolute atomic E-state index is 13.0. The normalized spacial score (nSPS) is 14.4. The Bertz CT molecular complexity index is 983. The summed E-state index contributed by atoms with van der Waals surface area (Å²) in [5, 5.41) is 3.01. The van der Waals surface area contributed by atoms with Gasteiger partial charge in [0.15, 0.2) is 0 Å². The zero-order valence-electron chi connectivity index (χ0n) is 17.6. The summed E-state index contributed by atoms with van der Waals surface area (Å²) in [6.45, 7) is 5.44. The lowest BCUT2D eigenvalue weighted by molar-refractivity contribution is -0.120. The van der Waals surface area contributed by atoms with Crippen LogP contribution in [-0.4, -0.2) is 37.0 Å². The number of para-hydroxylation sites is 1. The first-order valence-electron chi connectivity index (χ1n) is 10.8. The summed E-state index contributed by atoms with van der Waals surface area (Å²) in [6.07, 6.45) is 0.254. The first-order valence-corrected chi connectivity index (χ1v) is 10.8. The number of halogens is 1. The molecule has 4 rings (SSSR count). The van der Waals surface area contributed by atoms with E-state index in [0.717, 1.165) is 43.9 Å². The number of carbonyl (C=O) groups excluding carboxylic acids is 1. The van der Waals surface area contributed by atoms with Gasteiger partial charge in [-0.2, -0.15) is 0 Å². The third-order valence-corrected chi connectivity index (χ3v) is 5.76. The molecule has 4 nitrogen and oxygen atoms in total. The lowest BCUT2D eigenvalue weighted by Gasteiger charge is -2.36. The average Bonchev–Trinajstić information content (AvgIpc) is 2.81. The number of anilines is 1. The molecule has 3 aromatic rings. The maximum Gasteiger partial charge on any atom is 0.224 e. The van der Waals surface area contributed by atoms with Crippen LogP contribution in [0, 0.1) is 5.82 Å². The molecule has 1 aliphatic heterocycles. The third kappa shape index (κ3) is 5.92. The van der Waals surface area contributed by atoms with Crippen molar-refractivity contribution in [3.63, 3.8) is 0 Å². The second-order valence-electron chi connectivity index (χ2n) is 7.95. The summed E-state index contributed by atoms with van der Waals surface area (Å²) >= 11 is 0. The highest BCUT2D eigenvalue weighted by Crippen LogP contribution is 2.18. The van der Waals surface area contributed by atoms with E-state index in [2.05, 4.69) is 63.6 Å². The van der Waals surface area contributed by atoms with Crippen LogP contribution in [0.2, 0.25) is 0 Å². The van der Waals surface area contributed by atoms with Crippen molar-refractivity contribution in [1.82, 2.24) is 10.2 Å². The molecule has 0 saturated carbocycles. The van der Waals surface area contributed by atoms with Crippen LogP contribution >= 0.6 is 0 Å². The van der Waals surface area contributed by atoms with Crippen molar-refractivity contribution in [3.8, 4) is 0 Å². The van der Waals surface area contributed by atoms with E-state index in [1.165, 1.54) is 23.4 Å². The maximum atomic E-state index is 13.0. The Balaban J connectivity index is 1.29. The van der Waals surface area contributed by atoms with Crippen LogP contribution < -0.4 is 10.2 Å². The van der Waals surface area contributed by atoms with E-state index >= 15 is 0 Å². The molecule has 0 spiro atoms. The van der Waals surface area contributed by atoms with Gasteiger partial charge in [0.05, 0.1) is 6.42 Å². The molecule has 0 radical (unpaired) electrons. The van der Waals surface area contributed by atoms with E-state index in [1.807, 2.05) is 6.07 Å². The number of piperazine rings is 1. The van der Waals surface area contributed by atoms with Gasteiger partial charge in [0.1, 0.15) is 5.82 Å². The van der Waals surface area contributed by atoms with Crippen molar-refractivity contribution in [3.05, 3.63) is 101 Å². The highest BCUT2D eigenvalue weighted by atomic mass is 19.1. The van der Waals surface area contributed by atoms with Crippen molar-refractivity contribution in [2.24, 2.45) is 0 Å². The van der Waals surface area contributed by atoms with Crippen molar-refractivity contribution in [2.45, 2.75) is 19.5 Å². The summed E-state index contributed by atoms with van der Waals surface area (Å²) < 4.78 is 13.0. The minimum absolute atomic E-state index is 0.0575. The van der Waals surface area contributed by atoms with Crippen molar-refractivity contribution < 1.29 is 9.18 Å². The minimum Gasteiger partial charge on any atom is -0.369 e. The Labute approximate surface area is 183 Å². The largest absolute Gasteiger partial charge is 0.369 e. The molecule has 0 atom stereocenters. The Morgan fingerprint density at radius 3 is 2.16 bits per heavy atom. The van der Waals surface area contributed by atoms with Crippen LogP contribution in [0.1, 0.15) is 16.7 Å². The Morgan fingerprint density at radius 2 is 1.45 bits per heavy atom. The molecule has 5 heteroatoms. The van der Waals surface area contributed by atoms with Gasteiger partial charge in [-0.25, -0.2) is 4.39 Å². The lowest BCUT2D eigenvalue weighted by Crippen LogP contribution is -2.46. The van der Waals surface area contributed by atoms with Gasteiger partial charge in [0.25, 0.3) is 0 Å². The van der Waals surface area contributed by atoms with Crippen molar-refractivity contribution >= 4 is 11.6 Å². The highest BCUT2D eigenvalue weighted by molar-refractivity contribution is 5.78. The van der Waals surface area contributed by atoms with Gasteiger partial charge in [-0.1, -0.05) is 54.6 Å². The fourth-order valence-electron chi connectivity index (χ4n) is 3.97. The van der Waals surface area contributed by atoms with Crippen LogP contribution in [0.5, 0.6) is 0 Å². The van der Waals surface area contributed by atoms with Crippen LogP contribution in [0.4, 0.5) is 10.1 Å². The molecule has 0 bridgehead atoms. The van der Waals surface area contributed by atoms with Gasteiger partial charge in [-0.3, -0.25) is 9.69 Å². The Morgan fingerprint density at radius 1 is 0.806 bits per heavy atom. The number of amides is 1. The summed E-state index contributed by atoms with van der Waals surface area (Å²) in [7, 11) is 0. The van der Waals surface area contributed by atoms with Gasteiger partial charge in [0, 0.05) is 45.0 Å². The fraction of sp³-hybridized carbons (Fsp3) is 0.269. The van der Waals surface area contributed by atoms with Gasteiger partial charge in [0.2, 0.25) is 5.91 Å². The Kier molecular flexibility index (Phi) is 6.95. The standard InChI is InChI=1S/C26H28FN3O/c27-24-12-10-21(11-13-24)18-26(31)28-19-22-6-4-5-7-23(22)20-29-14-16-30(17-15-29)25-8-2-1-3-9-25/h1-13H,14-20H2,(H,28,31). The van der Waals surface area contributed by atoms with Gasteiger partial charge < -0.3 is 10.2 Å². The molecule has 1 saturated heterocycles. The number of nitrogens with zero attached hydrogens (tertiary/aromatic N) is 2. The van der Waals surface area contributed by atoms with Gasteiger partial charge >= 0.3 is 0 Å². The Hall–Kier alpha value is -3.18. The number of hydrogen-bond acceptors (Lipinski definition) is 3. The molecule has 0 unspecified atom stereocenters. The molecule has 160 valence electrons. The average molecular weight is 418 g/mol. The summed E-state index contributed by atoms with van der Waals surface area (Å²) in [5.74, 6) is -0.347. The van der Waals surface area contributed by atoms with Crippen LogP contribution in [0.25, 0.3) is 0 Å². The van der Waals surface area contributed by atoms with E-state index < -0.39 is 0 Å². The molecular weight excluding hydrogens is 389 g/mol. The smallest absolute Gasteiger partial charge is 0.224 e. The quantitative estimate of drug-likeness (QED) is 0.631. The molecule has 3 aromatic carbocycles. The lowest BCUT2D eigenvalue weighted by atomic mass is 10.1. The predicted molar refractivity (Wildman–Crippen MR) is 122 cm³/mol. The zero-order chi connectivity index (χ0) is 21.5. The molecule has 1 fully saturated rings. The van der Waals surface area contributed by atoms with Crippen LogP contribution in [-0.2, 0) is 24.3 Å². The molecular formula is C26H28FN3O. The second kappa shape index (κ2) is 10.2.